The fourth-order valence-electron chi connectivity index (χ4n) is 5.45. The molecule has 0 bridgehead atoms. The number of nitrogens with zero attached hydrogens (tertiary/aromatic N) is 1. The van der Waals surface area contributed by atoms with Crippen molar-refractivity contribution in [3.63, 3.8) is 0 Å². The number of aliphatic hydroxyl groups excluding tert-OH is 1. The van der Waals surface area contributed by atoms with Crippen molar-refractivity contribution in [2.24, 2.45) is 5.92 Å². The van der Waals surface area contributed by atoms with Gasteiger partial charge in [0, 0.05) is 53.5 Å². The summed E-state index contributed by atoms with van der Waals surface area (Å²) in [5.74, 6) is 0.654. The second-order valence-electron chi connectivity index (χ2n) is 11.1. The van der Waals surface area contributed by atoms with E-state index in [9.17, 15) is 9.90 Å². The first-order valence-corrected chi connectivity index (χ1v) is 16.6. The van der Waals surface area contributed by atoms with Crippen LogP contribution in [0.15, 0.2) is 41.3 Å². The second-order valence-corrected chi connectivity index (χ2v) is 12.9. The number of hydrogen-bond acceptors (Lipinski definition) is 7. The molecule has 0 fully saturated rings. The molecule has 1 aliphatic heterocycles. The number of nitrogens with one attached hydrogen (secondary N) is 2. The Bertz CT molecular complexity index is 1110. The lowest BCUT2D eigenvalue weighted by Crippen LogP contribution is -2.31. The number of carbonyl (C=O) groups excluding carboxylic acids is 1. The van der Waals surface area contributed by atoms with E-state index in [4.69, 9.17) is 32.7 Å². The van der Waals surface area contributed by atoms with E-state index in [1.807, 2.05) is 13.0 Å². The normalized spacial score (nSPS) is 16.7. The van der Waals surface area contributed by atoms with Gasteiger partial charge in [0.1, 0.15) is 0 Å². The number of halogens is 2. The van der Waals surface area contributed by atoms with Crippen molar-refractivity contribution < 1.29 is 19.4 Å². The Morgan fingerprint density at radius 3 is 2.62 bits per heavy atom. The zero-order chi connectivity index (χ0) is 30.3. The minimum atomic E-state index is -0.318. The van der Waals surface area contributed by atoms with E-state index in [2.05, 4.69) is 59.2 Å². The molecule has 0 aromatic heterocycles. The maximum atomic E-state index is 12.1. The van der Waals surface area contributed by atoms with Crippen LogP contribution >= 0.6 is 35.1 Å². The van der Waals surface area contributed by atoms with Gasteiger partial charge in [-0.15, -0.1) is 0 Å². The minimum Gasteiger partial charge on any atom is -0.393 e. The molecule has 0 aliphatic carbocycles. The van der Waals surface area contributed by atoms with Gasteiger partial charge in [0.05, 0.1) is 32.5 Å². The maximum absolute atomic E-state index is 12.1. The number of carbonyl (C=O) groups is 1. The number of benzene rings is 2. The largest absolute Gasteiger partial charge is 0.393 e. The van der Waals surface area contributed by atoms with E-state index in [0.29, 0.717) is 56.9 Å². The summed E-state index contributed by atoms with van der Waals surface area (Å²) < 4.78 is 14.6. The highest BCUT2D eigenvalue weighted by Gasteiger charge is 2.27. The highest BCUT2D eigenvalue weighted by atomic mass is 35.5. The zero-order valence-electron chi connectivity index (χ0n) is 25.2. The molecule has 1 amide bonds. The van der Waals surface area contributed by atoms with Gasteiger partial charge >= 0.3 is 0 Å². The number of fused-ring (bicyclic) bond motifs is 1. The standard InChI is InChI=1S/C32H47Cl2N3O4S/c1-4-6-24(17-23(2)38)9-10-32(39)35-11-13-40-15-16-41-14-12-36-42-27-8-5-7-25(18-27)29-21-37(3)22-30-28(29)19-26(33)20-31(30)34/h5,7-8,18-20,23-24,29,36,38H,4,6,9-17,21-22H2,1-3H3,(H,35,39)/t23?,24?,29-/m0/s1. The summed E-state index contributed by atoms with van der Waals surface area (Å²) in [4.78, 5) is 15.5. The molecule has 2 aromatic rings. The van der Waals surface area contributed by atoms with E-state index in [0.717, 1.165) is 54.3 Å². The summed E-state index contributed by atoms with van der Waals surface area (Å²) in [5, 5.41) is 13.9. The number of ether oxygens (including phenoxy) is 2. The van der Waals surface area contributed by atoms with Crippen molar-refractivity contribution in [1.82, 2.24) is 14.9 Å². The van der Waals surface area contributed by atoms with Gasteiger partial charge in [0.2, 0.25) is 5.91 Å². The van der Waals surface area contributed by atoms with Crippen molar-refractivity contribution in [2.75, 3.05) is 53.1 Å². The molecule has 1 heterocycles. The molecule has 1 aliphatic rings. The number of amides is 1. The molecule has 0 saturated heterocycles. The van der Waals surface area contributed by atoms with Crippen LogP contribution in [0.1, 0.15) is 68.6 Å². The van der Waals surface area contributed by atoms with Crippen LogP contribution in [0, 0.1) is 5.92 Å². The summed E-state index contributed by atoms with van der Waals surface area (Å²) in [5.41, 5.74) is 3.61. The summed E-state index contributed by atoms with van der Waals surface area (Å²) >= 11 is 14.5. The zero-order valence-corrected chi connectivity index (χ0v) is 27.5. The van der Waals surface area contributed by atoms with Gasteiger partial charge in [-0.05, 0) is 85.6 Å². The lowest BCUT2D eigenvalue weighted by Gasteiger charge is -2.33. The Labute approximate surface area is 266 Å². The van der Waals surface area contributed by atoms with Crippen LogP contribution in [0.2, 0.25) is 10.0 Å². The van der Waals surface area contributed by atoms with Crippen LogP contribution in [0.5, 0.6) is 0 Å². The predicted octanol–water partition coefficient (Wildman–Crippen LogP) is 6.28. The molecular formula is C32H47Cl2N3O4S. The SMILES string of the molecule is CCCC(CCC(=O)NCCOCCOCCNSc1cccc([C@@H]2CN(C)Cc3c(Cl)cc(Cl)cc32)c1)CC(C)O. The average Bonchev–Trinajstić information content (AvgIpc) is 2.94. The number of rotatable bonds is 19. The molecule has 42 heavy (non-hydrogen) atoms. The molecule has 3 N–H and O–H groups in total. The first-order valence-electron chi connectivity index (χ1n) is 15.0. The third-order valence-corrected chi connectivity index (χ3v) is 8.78. The molecule has 0 radical (unpaired) electrons. The monoisotopic (exact) mass is 639 g/mol. The predicted molar refractivity (Wildman–Crippen MR) is 174 cm³/mol. The Hall–Kier alpha value is -1.36. The second kappa shape index (κ2) is 19.1. The van der Waals surface area contributed by atoms with E-state index >= 15 is 0 Å². The molecule has 234 valence electrons. The van der Waals surface area contributed by atoms with E-state index in [1.165, 1.54) is 11.1 Å². The van der Waals surface area contributed by atoms with Crippen molar-refractivity contribution in [2.45, 2.75) is 69.4 Å². The molecular weight excluding hydrogens is 593 g/mol. The molecule has 10 heteroatoms. The van der Waals surface area contributed by atoms with Gasteiger partial charge in [0.15, 0.2) is 0 Å². The van der Waals surface area contributed by atoms with Crippen molar-refractivity contribution in [3.05, 3.63) is 63.1 Å². The van der Waals surface area contributed by atoms with Crippen LogP contribution in [-0.4, -0.2) is 75.1 Å². The van der Waals surface area contributed by atoms with Gasteiger partial charge in [-0.2, -0.15) is 0 Å². The molecule has 7 nitrogen and oxygen atoms in total. The lowest BCUT2D eigenvalue weighted by molar-refractivity contribution is -0.121. The number of aliphatic hydroxyl groups is 1. The van der Waals surface area contributed by atoms with Gasteiger partial charge < -0.3 is 24.8 Å². The Balaban J connectivity index is 1.26. The smallest absolute Gasteiger partial charge is 0.220 e. The summed E-state index contributed by atoms with van der Waals surface area (Å²) in [6.45, 7) is 8.92. The highest BCUT2D eigenvalue weighted by Crippen LogP contribution is 2.39. The quantitative estimate of drug-likeness (QED) is 0.123. The third kappa shape index (κ3) is 12.3. The molecule has 3 atom stereocenters. The third-order valence-electron chi connectivity index (χ3n) is 7.38. The first kappa shape index (κ1) is 35.1. The number of likely N-dealkylation sites (N-methyl/N-ethyl adjacent to an activating group) is 1. The van der Waals surface area contributed by atoms with Crippen molar-refractivity contribution >= 4 is 41.1 Å². The molecule has 0 saturated carbocycles. The topological polar surface area (TPSA) is 83.1 Å². The first-order chi connectivity index (χ1) is 20.3. The summed E-state index contributed by atoms with van der Waals surface area (Å²) in [6, 6.07) is 12.5. The highest BCUT2D eigenvalue weighted by molar-refractivity contribution is 7.97. The van der Waals surface area contributed by atoms with Crippen LogP contribution in [-0.2, 0) is 20.8 Å². The minimum absolute atomic E-state index is 0.0420. The maximum Gasteiger partial charge on any atom is 0.220 e. The fourth-order valence-corrected chi connectivity index (χ4v) is 6.72. The van der Waals surface area contributed by atoms with E-state index in [-0.39, 0.29) is 17.9 Å². The lowest BCUT2D eigenvalue weighted by atomic mass is 9.85. The Morgan fingerprint density at radius 2 is 1.88 bits per heavy atom. The van der Waals surface area contributed by atoms with Crippen molar-refractivity contribution in [1.29, 1.82) is 0 Å². The average molecular weight is 641 g/mol. The van der Waals surface area contributed by atoms with Crippen LogP contribution in [0.3, 0.4) is 0 Å². The van der Waals surface area contributed by atoms with Gasteiger partial charge in [-0.1, -0.05) is 55.1 Å². The fraction of sp³-hybridized carbons (Fsp3) is 0.594. The van der Waals surface area contributed by atoms with E-state index in [1.54, 1.807) is 11.9 Å². The van der Waals surface area contributed by atoms with Crippen LogP contribution in [0.25, 0.3) is 0 Å². The molecule has 2 aromatic carbocycles. The number of hydrogen-bond donors (Lipinski definition) is 3. The summed E-state index contributed by atoms with van der Waals surface area (Å²) in [7, 11) is 2.12. The molecule has 0 spiro atoms. The molecule has 2 unspecified atom stereocenters. The van der Waals surface area contributed by atoms with Gasteiger partial charge in [-0.3, -0.25) is 9.52 Å². The van der Waals surface area contributed by atoms with Crippen LogP contribution < -0.4 is 10.0 Å². The van der Waals surface area contributed by atoms with Crippen LogP contribution in [0.4, 0.5) is 0 Å². The van der Waals surface area contributed by atoms with Gasteiger partial charge in [-0.25, -0.2) is 0 Å². The molecule has 3 rings (SSSR count). The van der Waals surface area contributed by atoms with Crippen molar-refractivity contribution in [3.8, 4) is 0 Å². The van der Waals surface area contributed by atoms with Gasteiger partial charge in [0.25, 0.3) is 0 Å². The Morgan fingerprint density at radius 1 is 1.12 bits per heavy atom. The van der Waals surface area contributed by atoms with E-state index < -0.39 is 0 Å². The Kier molecular flexibility index (Phi) is 16.0. The summed E-state index contributed by atoms with van der Waals surface area (Å²) in [6.07, 6.45) is 3.86.